The number of amides is 2. The fraction of sp³-hybridized carbons (Fsp3) is 0.387. The number of aromatic amines is 1. The lowest BCUT2D eigenvalue weighted by atomic mass is 9.80. The number of benzene rings is 2. The molecule has 2 fully saturated rings. The van der Waals surface area contributed by atoms with Crippen LogP contribution in [0.3, 0.4) is 0 Å². The number of para-hydroxylation sites is 1. The monoisotopic (exact) mass is 563 g/mol. The Morgan fingerprint density at radius 3 is 2.56 bits per heavy atom. The molecule has 2 aromatic carbocycles. The van der Waals surface area contributed by atoms with Crippen molar-refractivity contribution in [2.75, 3.05) is 11.9 Å². The van der Waals surface area contributed by atoms with Gasteiger partial charge in [-0.2, -0.15) is 13.2 Å². The van der Waals surface area contributed by atoms with Crippen LogP contribution in [-0.4, -0.2) is 39.3 Å². The number of alkyl halides is 3. The number of aromatic nitrogens is 2. The molecule has 1 saturated heterocycles. The summed E-state index contributed by atoms with van der Waals surface area (Å²) in [7, 11) is 0. The molecule has 0 unspecified atom stereocenters. The van der Waals surface area contributed by atoms with E-state index in [4.69, 9.17) is 0 Å². The number of nitrogens with one attached hydrogen (secondary N) is 3. The molecule has 3 aromatic rings. The first kappa shape index (κ1) is 27.1. The molecule has 3 N–H and O–H groups in total. The lowest BCUT2D eigenvalue weighted by Gasteiger charge is -2.41. The second-order valence-electron chi connectivity index (χ2n) is 11.1. The normalized spacial score (nSPS) is 25.8. The summed E-state index contributed by atoms with van der Waals surface area (Å²) in [5.41, 5.74) is 1.85. The van der Waals surface area contributed by atoms with Gasteiger partial charge in [0.2, 0.25) is 11.8 Å². The van der Waals surface area contributed by atoms with Crippen LogP contribution in [-0.2, 0) is 15.8 Å². The van der Waals surface area contributed by atoms with Gasteiger partial charge in [0.05, 0.1) is 23.6 Å². The molecule has 2 amide bonds. The van der Waals surface area contributed by atoms with E-state index in [1.165, 1.54) is 24.3 Å². The molecule has 0 bridgehead atoms. The molecule has 3 heterocycles. The summed E-state index contributed by atoms with van der Waals surface area (Å²) in [5.74, 6) is 0.368. The number of carbonyl (C=O) groups is 2. The van der Waals surface area contributed by atoms with Gasteiger partial charge in [0.15, 0.2) is 0 Å². The van der Waals surface area contributed by atoms with Crippen molar-refractivity contribution < 1.29 is 22.8 Å². The maximum atomic E-state index is 14.2. The second-order valence-corrected chi connectivity index (χ2v) is 11.1. The molecule has 6 rings (SSSR count). The smallest absolute Gasteiger partial charge is 0.375 e. The van der Waals surface area contributed by atoms with E-state index in [1.54, 1.807) is 6.20 Å². The number of H-pyrrole nitrogens is 1. The fourth-order valence-electron chi connectivity index (χ4n) is 6.69. The number of hydrogen-bond acceptors (Lipinski definition) is 4. The van der Waals surface area contributed by atoms with Crippen LogP contribution < -0.4 is 10.6 Å². The Morgan fingerprint density at radius 1 is 1.02 bits per heavy atom. The number of fused-ring (bicyclic) bond motifs is 3. The van der Waals surface area contributed by atoms with Crippen LogP contribution in [0.15, 0.2) is 67.0 Å². The lowest BCUT2D eigenvalue weighted by molar-refractivity contribution is -0.139. The van der Waals surface area contributed by atoms with Crippen LogP contribution in [0.4, 0.5) is 18.9 Å². The molecule has 3 aliphatic rings. The predicted molar refractivity (Wildman–Crippen MR) is 148 cm³/mol. The zero-order valence-corrected chi connectivity index (χ0v) is 22.4. The number of likely N-dealkylation sites (tertiary alicyclic amines) is 1. The van der Waals surface area contributed by atoms with Crippen molar-refractivity contribution in [3.05, 3.63) is 89.5 Å². The summed E-state index contributed by atoms with van der Waals surface area (Å²) in [5, 5.41) is 6.65. The van der Waals surface area contributed by atoms with Crippen LogP contribution >= 0.6 is 0 Å². The quantitative estimate of drug-likeness (QED) is 0.339. The second kappa shape index (κ2) is 11.1. The molecular weight excluding hydrogens is 531 g/mol. The van der Waals surface area contributed by atoms with Crippen LogP contribution in [0.2, 0.25) is 0 Å². The SMILES string of the molecule is O=C(/C=C/c1ccc(C(F)(F)F)cc1)N[C@@H]1CCCC[C@@H]1C(=O)N1CC[C@H]2[C@H](c3ncc[nH]3)Nc3ccccc3[C@@H]21. The average Bonchev–Trinajstić information content (AvgIpc) is 3.67. The standard InChI is InChI=1S/C31H32F3N5O2/c32-31(33,34)20-12-9-19(10-13-20)11-14-26(40)37-25-8-4-2-6-22(25)30(41)39-18-15-23-27(29-35-16-17-36-29)38-24-7-3-1-5-21(24)28(23)39/h1,3,5,7,9-14,16-17,22-23,25,27-28,38H,2,4,6,8,15,18H2,(H,35,36)(H,37,40)/b14-11+/t22-,23-,25+,27+,28-/m0/s1. The Morgan fingerprint density at radius 2 is 1.80 bits per heavy atom. The van der Waals surface area contributed by atoms with Crippen molar-refractivity contribution in [1.82, 2.24) is 20.2 Å². The Kier molecular flexibility index (Phi) is 7.32. The van der Waals surface area contributed by atoms with Gasteiger partial charge in [0.1, 0.15) is 5.82 Å². The molecule has 5 atom stereocenters. The largest absolute Gasteiger partial charge is 0.416 e. The molecular formula is C31H32F3N5O2. The summed E-state index contributed by atoms with van der Waals surface area (Å²) in [4.78, 5) is 36.8. The van der Waals surface area contributed by atoms with E-state index in [0.29, 0.717) is 24.9 Å². The highest BCUT2D eigenvalue weighted by Gasteiger charge is 2.49. The van der Waals surface area contributed by atoms with E-state index in [-0.39, 0.29) is 41.8 Å². The first-order valence-electron chi connectivity index (χ1n) is 14.1. The van der Waals surface area contributed by atoms with E-state index in [0.717, 1.165) is 48.5 Å². The minimum atomic E-state index is -4.41. The molecule has 1 aliphatic carbocycles. The number of imidazole rings is 1. The number of anilines is 1. The minimum absolute atomic E-state index is 0.0418. The van der Waals surface area contributed by atoms with Crippen LogP contribution in [0.25, 0.3) is 6.08 Å². The third kappa shape index (κ3) is 5.47. The highest BCUT2D eigenvalue weighted by Crippen LogP contribution is 2.51. The summed E-state index contributed by atoms with van der Waals surface area (Å²) >= 11 is 0. The van der Waals surface area contributed by atoms with Gasteiger partial charge in [0.25, 0.3) is 0 Å². The molecule has 10 heteroatoms. The van der Waals surface area contributed by atoms with Crippen molar-refractivity contribution in [2.24, 2.45) is 11.8 Å². The van der Waals surface area contributed by atoms with Crippen LogP contribution in [0.1, 0.15) is 66.7 Å². The van der Waals surface area contributed by atoms with Crippen molar-refractivity contribution in [2.45, 2.75) is 56.4 Å². The highest BCUT2D eigenvalue weighted by atomic mass is 19.4. The third-order valence-electron chi connectivity index (χ3n) is 8.64. The zero-order chi connectivity index (χ0) is 28.6. The Bertz CT molecular complexity index is 1420. The van der Waals surface area contributed by atoms with E-state index in [1.807, 2.05) is 29.3 Å². The van der Waals surface area contributed by atoms with E-state index in [9.17, 15) is 22.8 Å². The Balaban J connectivity index is 1.18. The molecule has 0 spiro atoms. The predicted octanol–water partition coefficient (Wildman–Crippen LogP) is 5.87. The summed E-state index contributed by atoms with van der Waals surface area (Å²) in [6.07, 6.45) is 6.01. The molecule has 1 aromatic heterocycles. The van der Waals surface area contributed by atoms with Gasteiger partial charge >= 0.3 is 6.18 Å². The van der Waals surface area contributed by atoms with Gasteiger partial charge in [-0.1, -0.05) is 43.2 Å². The van der Waals surface area contributed by atoms with E-state index >= 15 is 0 Å². The average molecular weight is 564 g/mol. The molecule has 2 aliphatic heterocycles. The number of nitrogens with zero attached hydrogens (tertiary/aromatic N) is 2. The van der Waals surface area contributed by atoms with Crippen LogP contribution in [0, 0.1) is 11.8 Å². The third-order valence-corrected chi connectivity index (χ3v) is 8.64. The maximum Gasteiger partial charge on any atom is 0.416 e. The number of carbonyl (C=O) groups excluding carboxylic acids is 2. The lowest BCUT2D eigenvalue weighted by Crippen LogP contribution is -2.49. The van der Waals surface area contributed by atoms with Gasteiger partial charge in [-0.15, -0.1) is 0 Å². The highest BCUT2D eigenvalue weighted by molar-refractivity contribution is 5.92. The Hall–Kier alpha value is -4.08. The van der Waals surface area contributed by atoms with Crippen molar-refractivity contribution in [3.63, 3.8) is 0 Å². The topological polar surface area (TPSA) is 90.1 Å². The molecule has 214 valence electrons. The van der Waals surface area contributed by atoms with E-state index in [2.05, 4.69) is 26.7 Å². The van der Waals surface area contributed by atoms with Gasteiger partial charge in [-0.25, -0.2) is 4.98 Å². The molecule has 41 heavy (non-hydrogen) atoms. The maximum absolute atomic E-state index is 14.2. The van der Waals surface area contributed by atoms with E-state index < -0.39 is 11.7 Å². The summed E-state index contributed by atoms with van der Waals surface area (Å²) < 4.78 is 38.5. The first-order chi connectivity index (χ1) is 19.8. The molecule has 0 radical (unpaired) electrons. The fourth-order valence-corrected chi connectivity index (χ4v) is 6.69. The van der Waals surface area contributed by atoms with Gasteiger partial charge < -0.3 is 20.5 Å². The number of rotatable bonds is 5. The van der Waals surface area contributed by atoms with Crippen molar-refractivity contribution >= 4 is 23.6 Å². The Labute approximate surface area is 236 Å². The molecule has 1 saturated carbocycles. The van der Waals surface area contributed by atoms with Crippen molar-refractivity contribution in [3.8, 4) is 0 Å². The van der Waals surface area contributed by atoms with Crippen LogP contribution in [0.5, 0.6) is 0 Å². The summed E-state index contributed by atoms with van der Waals surface area (Å²) in [6, 6.07) is 12.3. The van der Waals surface area contributed by atoms with Gasteiger partial charge in [0, 0.05) is 42.7 Å². The van der Waals surface area contributed by atoms with Gasteiger partial charge in [-0.05, 0) is 54.7 Å². The number of halogens is 3. The van der Waals surface area contributed by atoms with Crippen molar-refractivity contribution in [1.29, 1.82) is 0 Å². The number of hydrogen-bond donors (Lipinski definition) is 3. The van der Waals surface area contributed by atoms with Gasteiger partial charge in [-0.3, -0.25) is 9.59 Å². The minimum Gasteiger partial charge on any atom is -0.375 e. The first-order valence-corrected chi connectivity index (χ1v) is 14.1. The molecule has 7 nitrogen and oxygen atoms in total. The zero-order valence-electron chi connectivity index (χ0n) is 22.4. The summed E-state index contributed by atoms with van der Waals surface area (Å²) in [6.45, 7) is 0.631.